The van der Waals surface area contributed by atoms with Crippen molar-refractivity contribution in [2.75, 3.05) is 0 Å². The number of rotatable bonds is 4. The lowest BCUT2D eigenvalue weighted by Crippen LogP contribution is -2.21. The van der Waals surface area contributed by atoms with Crippen LogP contribution in [0.15, 0.2) is 30.9 Å². The van der Waals surface area contributed by atoms with E-state index in [1.54, 1.807) is 5.56 Å². The van der Waals surface area contributed by atoms with Crippen LogP contribution in [0, 0.1) is 0 Å². The van der Waals surface area contributed by atoms with E-state index in [0.717, 1.165) is 12.8 Å². The monoisotopic (exact) mass is 201 g/mol. The highest BCUT2D eigenvalue weighted by atomic mass is 14.6. The molecule has 0 saturated carbocycles. The first-order chi connectivity index (χ1) is 7.29. The molecule has 1 atom stereocenters. The number of hydrogen-bond acceptors (Lipinski definition) is 1. The Morgan fingerprint density at radius 2 is 2.13 bits per heavy atom. The third kappa shape index (κ3) is 2.48. The molecule has 2 rings (SSSR count). The standard InChI is InChI=1S/C14H19N/c1-2-4-14(15)10-11-7-8-12-5-3-6-13(12)9-11/h2,7-9,14H,1,3-6,10,15H2. The van der Waals surface area contributed by atoms with Crippen LogP contribution in [-0.2, 0) is 19.3 Å². The molecular formula is C14H19N. The number of fused-ring (bicyclic) bond motifs is 1. The molecule has 80 valence electrons. The average Bonchev–Trinajstić information content (AvgIpc) is 2.65. The molecule has 0 spiro atoms. The quantitative estimate of drug-likeness (QED) is 0.745. The van der Waals surface area contributed by atoms with Crippen molar-refractivity contribution < 1.29 is 0 Å². The lowest BCUT2D eigenvalue weighted by atomic mass is 10.00. The molecule has 0 radical (unpaired) electrons. The van der Waals surface area contributed by atoms with Crippen molar-refractivity contribution in [3.63, 3.8) is 0 Å². The fraction of sp³-hybridized carbons (Fsp3) is 0.429. The zero-order chi connectivity index (χ0) is 10.7. The van der Waals surface area contributed by atoms with Gasteiger partial charge < -0.3 is 5.73 Å². The predicted molar refractivity (Wildman–Crippen MR) is 65.0 cm³/mol. The maximum Gasteiger partial charge on any atom is 0.0114 e. The number of aryl methyl sites for hydroxylation is 2. The van der Waals surface area contributed by atoms with E-state index in [1.165, 1.54) is 30.4 Å². The van der Waals surface area contributed by atoms with E-state index in [-0.39, 0.29) is 6.04 Å². The fourth-order valence-corrected chi connectivity index (χ4v) is 2.35. The molecule has 0 saturated heterocycles. The van der Waals surface area contributed by atoms with Crippen LogP contribution in [0.25, 0.3) is 0 Å². The highest BCUT2D eigenvalue weighted by Gasteiger charge is 2.11. The minimum atomic E-state index is 0.224. The smallest absolute Gasteiger partial charge is 0.0114 e. The molecule has 1 unspecified atom stereocenters. The second kappa shape index (κ2) is 4.63. The van der Waals surface area contributed by atoms with E-state index < -0.39 is 0 Å². The number of hydrogen-bond donors (Lipinski definition) is 1. The average molecular weight is 201 g/mol. The van der Waals surface area contributed by atoms with Crippen LogP contribution in [0.5, 0.6) is 0 Å². The fourth-order valence-electron chi connectivity index (χ4n) is 2.35. The van der Waals surface area contributed by atoms with Crippen molar-refractivity contribution in [2.24, 2.45) is 5.73 Å². The lowest BCUT2D eigenvalue weighted by Gasteiger charge is -2.10. The Kier molecular flexibility index (Phi) is 3.22. The Hall–Kier alpha value is -1.08. The second-order valence-corrected chi connectivity index (χ2v) is 4.45. The summed E-state index contributed by atoms with van der Waals surface area (Å²) in [5.41, 5.74) is 10.4. The molecule has 1 aliphatic rings. The molecule has 1 nitrogen and oxygen atoms in total. The summed E-state index contributed by atoms with van der Waals surface area (Å²) < 4.78 is 0. The van der Waals surface area contributed by atoms with Gasteiger partial charge in [0.2, 0.25) is 0 Å². The van der Waals surface area contributed by atoms with Gasteiger partial charge >= 0.3 is 0 Å². The molecule has 0 bridgehead atoms. The van der Waals surface area contributed by atoms with Crippen molar-refractivity contribution in [3.05, 3.63) is 47.5 Å². The Bertz CT molecular complexity index is 354. The maximum absolute atomic E-state index is 5.99. The topological polar surface area (TPSA) is 26.0 Å². The first-order valence-corrected chi connectivity index (χ1v) is 5.77. The summed E-state index contributed by atoms with van der Waals surface area (Å²) in [4.78, 5) is 0. The van der Waals surface area contributed by atoms with Gasteiger partial charge in [0.15, 0.2) is 0 Å². The zero-order valence-corrected chi connectivity index (χ0v) is 9.21. The zero-order valence-electron chi connectivity index (χ0n) is 9.21. The predicted octanol–water partition coefficient (Wildman–Crippen LogP) is 2.62. The summed E-state index contributed by atoms with van der Waals surface area (Å²) in [5.74, 6) is 0. The van der Waals surface area contributed by atoms with Gasteiger partial charge in [0.05, 0.1) is 0 Å². The van der Waals surface area contributed by atoms with Gasteiger partial charge in [0.25, 0.3) is 0 Å². The van der Waals surface area contributed by atoms with Gasteiger partial charge in [-0.3, -0.25) is 0 Å². The van der Waals surface area contributed by atoms with Gasteiger partial charge in [0, 0.05) is 6.04 Å². The molecule has 15 heavy (non-hydrogen) atoms. The van der Waals surface area contributed by atoms with Crippen LogP contribution >= 0.6 is 0 Å². The normalized spacial score (nSPS) is 16.1. The minimum absolute atomic E-state index is 0.224. The molecule has 0 aliphatic heterocycles. The highest BCUT2D eigenvalue weighted by molar-refractivity contribution is 5.35. The molecule has 1 heteroatoms. The van der Waals surface area contributed by atoms with Crippen LogP contribution in [0.1, 0.15) is 29.5 Å². The molecule has 2 N–H and O–H groups in total. The van der Waals surface area contributed by atoms with Crippen molar-refractivity contribution in [1.29, 1.82) is 0 Å². The third-order valence-electron chi connectivity index (χ3n) is 3.13. The van der Waals surface area contributed by atoms with Gasteiger partial charge in [-0.25, -0.2) is 0 Å². The largest absolute Gasteiger partial charge is 0.327 e. The molecule has 0 heterocycles. The van der Waals surface area contributed by atoms with Crippen LogP contribution < -0.4 is 5.73 Å². The SMILES string of the molecule is C=CCC(N)Cc1ccc2c(c1)CCC2. The van der Waals surface area contributed by atoms with E-state index in [4.69, 9.17) is 5.73 Å². The summed E-state index contributed by atoms with van der Waals surface area (Å²) in [6, 6.07) is 7.07. The van der Waals surface area contributed by atoms with Crippen molar-refractivity contribution in [3.8, 4) is 0 Å². The molecule has 1 aromatic rings. The van der Waals surface area contributed by atoms with E-state index >= 15 is 0 Å². The van der Waals surface area contributed by atoms with Gasteiger partial charge in [-0.2, -0.15) is 0 Å². The highest BCUT2D eigenvalue weighted by Crippen LogP contribution is 2.23. The summed E-state index contributed by atoms with van der Waals surface area (Å²) in [6.45, 7) is 3.72. The van der Waals surface area contributed by atoms with E-state index in [0.29, 0.717) is 0 Å². The Labute approximate surface area is 92.0 Å². The third-order valence-corrected chi connectivity index (χ3v) is 3.13. The second-order valence-electron chi connectivity index (χ2n) is 4.45. The van der Waals surface area contributed by atoms with Crippen LogP contribution in [-0.4, -0.2) is 6.04 Å². The summed E-state index contributed by atoms with van der Waals surface area (Å²) in [6.07, 6.45) is 7.60. The van der Waals surface area contributed by atoms with Crippen molar-refractivity contribution in [2.45, 2.75) is 38.1 Å². The maximum atomic E-state index is 5.99. The van der Waals surface area contributed by atoms with E-state index in [2.05, 4.69) is 24.8 Å². The summed E-state index contributed by atoms with van der Waals surface area (Å²) >= 11 is 0. The lowest BCUT2D eigenvalue weighted by molar-refractivity contribution is 0.679. The van der Waals surface area contributed by atoms with Crippen molar-refractivity contribution in [1.82, 2.24) is 0 Å². The first kappa shape index (κ1) is 10.4. The number of nitrogens with two attached hydrogens (primary N) is 1. The first-order valence-electron chi connectivity index (χ1n) is 5.77. The van der Waals surface area contributed by atoms with Gasteiger partial charge in [0.1, 0.15) is 0 Å². The molecule has 0 fully saturated rings. The summed E-state index contributed by atoms with van der Waals surface area (Å²) in [7, 11) is 0. The van der Waals surface area contributed by atoms with Crippen LogP contribution in [0.3, 0.4) is 0 Å². The molecule has 1 aromatic carbocycles. The number of benzene rings is 1. The van der Waals surface area contributed by atoms with E-state index in [1.807, 2.05) is 6.08 Å². The van der Waals surface area contributed by atoms with Gasteiger partial charge in [-0.1, -0.05) is 24.3 Å². The molecule has 1 aliphatic carbocycles. The Morgan fingerprint density at radius 1 is 1.33 bits per heavy atom. The molecule has 0 amide bonds. The van der Waals surface area contributed by atoms with Crippen LogP contribution in [0.4, 0.5) is 0 Å². The van der Waals surface area contributed by atoms with Gasteiger partial charge in [-0.15, -0.1) is 6.58 Å². The van der Waals surface area contributed by atoms with Gasteiger partial charge in [-0.05, 0) is 48.8 Å². The van der Waals surface area contributed by atoms with Crippen LogP contribution in [0.2, 0.25) is 0 Å². The minimum Gasteiger partial charge on any atom is -0.327 e. The Balaban J connectivity index is 2.06. The van der Waals surface area contributed by atoms with E-state index in [9.17, 15) is 0 Å². The van der Waals surface area contributed by atoms with Crippen molar-refractivity contribution >= 4 is 0 Å². The Morgan fingerprint density at radius 3 is 2.93 bits per heavy atom. The molecule has 0 aromatic heterocycles. The summed E-state index contributed by atoms with van der Waals surface area (Å²) in [5, 5.41) is 0. The molecular weight excluding hydrogens is 182 g/mol.